The van der Waals surface area contributed by atoms with Crippen LogP contribution < -0.4 is 10.6 Å². The molecular formula is C19H23F2N3O5. The van der Waals surface area contributed by atoms with Gasteiger partial charge in [0.15, 0.2) is 6.61 Å². The molecule has 1 heterocycles. The molecule has 0 radical (unpaired) electrons. The van der Waals surface area contributed by atoms with Gasteiger partial charge in [-0.25, -0.2) is 13.6 Å². The minimum atomic E-state index is -1.11. The largest absolute Gasteiger partial charge is 0.454 e. The fourth-order valence-electron chi connectivity index (χ4n) is 2.75. The summed E-state index contributed by atoms with van der Waals surface area (Å²) in [5.41, 5.74) is -1.77. The highest BCUT2D eigenvalue weighted by Crippen LogP contribution is 2.24. The maximum absolute atomic E-state index is 13.5. The molecule has 4 amide bonds. The van der Waals surface area contributed by atoms with Gasteiger partial charge in [0.1, 0.15) is 29.4 Å². The highest BCUT2D eigenvalue weighted by Gasteiger charge is 2.48. The highest BCUT2D eigenvalue weighted by atomic mass is 19.1. The number of nitrogens with zero attached hydrogens (tertiary/aromatic N) is 1. The van der Waals surface area contributed by atoms with E-state index in [4.69, 9.17) is 4.74 Å². The SMILES string of the molecule is CC(C)CC[C@]1(C)NC(=O)N(CC(=O)OCC(=O)Nc2c(F)cccc2F)C1=O. The number of hydrogen-bond donors (Lipinski definition) is 2. The molecule has 2 N–H and O–H groups in total. The van der Waals surface area contributed by atoms with Crippen LogP contribution in [-0.4, -0.2) is 47.4 Å². The zero-order valence-corrected chi connectivity index (χ0v) is 16.4. The number of urea groups is 1. The van der Waals surface area contributed by atoms with Crippen LogP contribution in [0.1, 0.15) is 33.6 Å². The van der Waals surface area contributed by atoms with Crippen molar-refractivity contribution in [1.82, 2.24) is 10.2 Å². The average Bonchev–Trinajstić information content (AvgIpc) is 2.85. The standard InChI is InChI=1S/C19H23F2N3O5/c1-11(2)7-8-19(3)17(27)24(18(28)23-19)9-15(26)29-10-14(25)22-16-12(20)5-4-6-13(16)21/h4-6,11H,7-10H2,1-3H3,(H,22,25)(H,23,28)/t19-/m0/s1. The van der Waals surface area contributed by atoms with Crippen LogP contribution >= 0.6 is 0 Å². The van der Waals surface area contributed by atoms with Crippen LogP contribution in [0.25, 0.3) is 0 Å². The molecule has 1 fully saturated rings. The zero-order chi connectivity index (χ0) is 21.8. The summed E-state index contributed by atoms with van der Waals surface area (Å²) in [5.74, 6) is -4.17. The number of imide groups is 1. The Morgan fingerprint density at radius 3 is 2.45 bits per heavy atom. The van der Waals surface area contributed by atoms with E-state index >= 15 is 0 Å². The van der Waals surface area contributed by atoms with Crippen LogP contribution in [0.15, 0.2) is 18.2 Å². The van der Waals surface area contributed by atoms with Crippen molar-refractivity contribution < 1.29 is 32.7 Å². The van der Waals surface area contributed by atoms with E-state index in [1.165, 1.54) is 0 Å². The van der Waals surface area contributed by atoms with Crippen molar-refractivity contribution in [2.75, 3.05) is 18.5 Å². The van der Waals surface area contributed by atoms with Crippen molar-refractivity contribution in [2.24, 2.45) is 5.92 Å². The number of carbonyl (C=O) groups excluding carboxylic acids is 4. The molecule has 0 saturated carbocycles. The first kappa shape index (κ1) is 22.3. The normalized spacial score (nSPS) is 18.8. The molecule has 0 unspecified atom stereocenters. The second kappa shape index (κ2) is 8.97. The topological polar surface area (TPSA) is 105 Å². The number of halogens is 2. The first-order valence-electron chi connectivity index (χ1n) is 9.07. The number of benzene rings is 1. The van der Waals surface area contributed by atoms with Crippen LogP contribution in [0.5, 0.6) is 0 Å². The van der Waals surface area contributed by atoms with Gasteiger partial charge in [0.2, 0.25) is 0 Å². The molecule has 1 aliphatic heterocycles. The van der Waals surface area contributed by atoms with E-state index in [-0.39, 0.29) is 0 Å². The first-order valence-corrected chi connectivity index (χ1v) is 9.07. The summed E-state index contributed by atoms with van der Waals surface area (Å²) in [4.78, 5) is 49.0. The molecule has 10 heteroatoms. The fraction of sp³-hybridized carbons (Fsp3) is 0.474. The van der Waals surface area contributed by atoms with Crippen molar-refractivity contribution in [3.05, 3.63) is 29.8 Å². The number of para-hydroxylation sites is 1. The molecule has 0 aliphatic carbocycles. The van der Waals surface area contributed by atoms with Gasteiger partial charge in [0.05, 0.1) is 0 Å². The predicted octanol–water partition coefficient (Wildman–Crippen LogP) is 2.19. The van der Waals surface area contributed by atoms with E-state index in [1.54, 1.807) is 6.92 Å². The molecule has 1 saturated heterocycles. The lowest BCUT2D eigenvalue weighted by Gasteiger charge is -2.22. The summed E-state index contributed by atoms with van der Waals surface area (Å²) in [6, 6.07) is 2.32. The molecular weight excluding hydrogens is 388 g/mol. The first-order chi connectivity index (χ1) is 13.5. The van der Waals surface area contributed by atoms with E-state index in [2.05, 4.69) is 5.32 Å². The van der Waals surface area contributed by atoms with E-state index in [0.717, 1.165) is 23.1 Å². The van der Waals surface area contributed by atoms with Gasteiger partial charge in [-0.2, -0.15) is 0 Å². The second-order valence-corrected chi connectivity index (χ2v) is 7.39. The van der Waals surface area contributed by atoms with Crippen LogP contribution in [0.2, 0.25) is 0 Å². The molecule has 1 aromatic carbocycles. The molecule has 2 rings (SSSR count). The Labute approximate surface area is 166 Å². The minimum absolute atomic E-state index is 0.327. The zero-order valence-electron chi connectivity index (χ0n) is 16.4. The average molecular weight is 411 g/mol. The van der Waals surface area contributed by atoms with E-state index in [0.29, 0.717) is 18.8 Å². The Morgan fingerprint density at radius 2 is 1.86 bits per heavy atom. The number of amides is 4. The van der Waals surface area contributed by atoms with Gasteiger partial charge in [-0.15, -0.1) is 0 Å². The summed E-state index contributed by atoms with van der Waals surface area (Å²) < 4.78 is 31.7. The Kier molecular flexibility index (Phi) is 6.89. The Bertz CT molecular complexity index is 810. The Balaban J connectivity index is 1.88. The third kappa shape index (κ3) is 5.49. The van der Waals surface area contributed by atoms with Crippen molar-refractivity contribution in [1.29, 1.82) is 0 Å². The van der Waals surface area contributed by atoms with Crippen molar-refractivity contribution >= 4 is 29.5 Å². The number of anilines is 1. The molecule has 0 spiro atoms. The fourth-order valence-corrected chi connectivity index (χ4v) is 2.75. The molecule has 1 aliphatic rings. The predicted molar refractivity (Wildman–Crippen MR) is 98.7 cm³/mol. The third-order valence-corrected chi connectivity index (χ3v) is 4.45. The van der Waals surface area contributed by atoms with E-state index in [1.807, 2.05) is 19.2 Å². The maximum atomic E-state index is 13.5. The molecule has 158 valence electrons. The van der Waals surface area contributed by atoms with Gasteiger partial charge >= 0.3 is 12.0 Å². The van der Waals surface area contributed by atoms with Crippen LogP contribution in [0, 0.1) is 17.6 Å². The number of ether oxygens (including phenoxy) is 1. The summed E-state index contributed by atoms with van der Waals surface area (Å²) in [6.45, 7) is 4.04. The van der Waals surface area contributed by atoms with Gasteiger partial charge in [-0.05, 0) is 37.8 Å². The number of carbonyl (C=O) groups is 4. The summed E-state index contributed by atoms with van der Waals surface area (Å²) >= 11 is 0. The molecule has 1 atom stereocenters. The van der Waals surface area contributed by atoms with E-state index in [9.17, 15) is 28.0 Å². The smallest absolute Gasteiger partial charge is 0.326 e. The van der Waals surface area contributed by atoms with Crippen LogP contribution in [0.4, 0.5) is 19.3 Å². The lowest BCUT2D eigenvalue weighted by Crippen LogP contribution is -2.44. The van der Waals surface area contributed by atoms with Crippen molar-refractivity contribution in [3.63, 3.8) is 0 Å². The number of hydrogen-bond acceptors (Lipinski definition) is 5. The minimum Gasteiger partial charge on any atom is -0.454 e. The van der Waals surface area contributed by atoms with Crippen molar-refractivity contribution in [3.8, 4) is 0 Å². The lowest BCUT2D eigenvalue weighted by molar-refractivity contribution is -0.150. The maximum Gasteiger partial charge on any atom is 0.326 e. The summed E-state index contributed by atoms with van der Waals surface area (Å²) in [5, 5.41) is 4.53. The van der Waals surface area contributed by atoms with Gasteiger partial charge in [0.25, 0.3) is 11.8 Å². The Hall–Kier alpha value is -3.04. The van der Waals surface area contributed by atoms with Gasteiger partial charge < -0.3 is 15.4 Å². The molecule has 1 aromatic rings. The highest BCUT2D eigenvalue weighted by molar-refractivity contribution is 6.08. The number of rotatable bonds is 8. The number of esters is 1. The van der Waals surface area contributed by atoms with Crippen LogP contribution in [0.3, 0.4) is 0 Å². The molecule has 8 nitrogen and oxygen atoms in total. The van der Waals surface area contributed by atoms with E-state index < -0.39 is 59.8 Å². The molecule has 29 heavy (non-hydrogen) atoms. The quantitative estimate of drug-likeness (QED) is 0.504. The van der Waals surface area contributed by atoms with Gasteiger partial charge in [-0.1, -0.05) is 19.9 Å². The summed E-state index contributed by atoms with van der Waals surface area (Å²) in [6.07, 6.45) is 1.12. The third-order valence-electron chi connectivity index (χ3n) is 4.45. The monoisotopic (exact) mass is 411 g/mol. The van der Waals surface area contributed by atoms with Crippen molar-refractivity contribution in [2.45, 2.75) is 39.2 Å². The lowest BCUT2D eigenvalue weighted by atomic mass is 9.92. The van der Waals surface area contributed by atoms with Crippen LogP contribution in [-0.2, 0) is 19.1 Å². The van der Waals surface area contributed by atoms with Gasteiger partial charge in [-0.3, -0.25) is 19.3 Å². The summed E-state index contributed by atoms with van der Waals surface area (Å²) in [7, 11) is 0. The molecule has 0 aromatic heterocycles. The molecule has 0 bridgehead atoms. The number of nitrogens with one attached hydrogen (secondary N) is 2. The van der Waals surface area contributed by atoms with Gasteiger partial charge in [0, 0.05) is 0 Å². The Morgan fingerprint density at radius 1 is 1.24 bits per heavy atom. The second-order valence-electron chi connectivity index (χ2n) is 7.39.